The standard InChI is InChI=1S/C9H8ClN3O3S/c10-5-8-12-9(16-13-8)6-1-3-7(4-2-6)17(11,14)15/h1-4H,5H2,(H2,11,14,15). The summed E-state index contributed by atoms with van der Waals surface area (Å²) in [6.45, 7) is 0. The maximum absolute atomic E-state index is 11.0. The molecule has 1 aromatic heterocycles. The molecule has 0 spiro atoms. The van der Waals surface area contributed by atoms with Gasteiger partial charge in [-0.15, -0.1) is 11.6 Å². The first-order valence-electron chi connectivity index (χ1n) is 4.52. The fraction of sp³-hybridized carbons (Fsp3) is 0.111. The summed E-state index contributed by atoms with van der Waals surface area (Å²) in [7, 11) is -3.69. The first-order valence-corrected chi connectivity index (χ1v) is 6.60. The average molecular weight is 274 g/mol. The van der Waals surface area contributed by atoms with E-state index in [0.29, 0.717) is 11.4 Å². The van der Waals surface area contributed by atoms with Gasteiger partial charge in [0.05, 0.1) is 10.8 Å². The van der Waals surface area contributed by atoms with Gasteiger partial charge in [-0.1, -0.05) is 5.16 Å². The molecule has 2 aromatic rings. The van der Waals surface area contributed by atoms with Crippen molar-refractivity contribution in [3.8, 4) is 11.5 Å². The quantitative estimate of drug-likeness (QED) is 0.845. The van der Waals surface area contributed by atoms with Crippen molar-refractivity contribution in [3.63, 3.8) is 0 Å². The van der Waals surface area contributed by atoms with Crippen LogP contribution in [0, 0.1) is 0 Å². The van der Waals surface area contributed by atoms with E-state index in [4.69, 9.17) is 21.3 Å². The molecule has 0 fully saturated rings. The Balaban J connectivity index is 2.35. The summed E-state index contributed by atoms with van der Waals surface area (Å²) in [6.07, 6.45) is 0. The van der Waals surface area contributed by atoms with E-state index in [2.05, 4.69) is 10.1 Å². The highest BCUT2D eigenvalue weighted by molar-refractivity contribution is 7.89. The molecule has 0 unspecified atom stereocenters. The van der Waals surface area contributed by atoms with Gasteiger partial charge in [-0.3, -0.25) is 0 Å². The van der Waals surface area contributed by atoms with Crippen LogP contribution in [0.25, 0.3) is 11.5 Å². The second-order valence-electron chi connectivity index (χ2n) is 3.22. The lowest BCUT2D eigenvalue weighted by molar-refractivity contribution is 0.425. The highest BCUT2D eigenvalue weighted by Gasteiger charge is 2.11. The molecular weight excluding hydrogens is 266 g/mol. The van der Waals surface area contributed by atoms with Crippen LogP contribution in [0.5, 0.6) is 0 Å². The van der Waals surface area contributed by atoms with Crippen molar-refractivity contribution in [1.82, 2.24) is 10.1 Å². The predicted octanol–water partition coefficient (Wildman–Crippen LogP) is 1.12. The second-order valence-corrected chi connectivity index (χ2v) is 5.05. The van der Waals surface area contributed by atoms with Crippen LogP contribution in [0.2, 0.25) is 0 Å². The van der Waals surface area contributed by atoms with Crippen molar-refractivity contribution in [3.05, 3.63) is 30.1 Å². The SMILES string of the molecule is NS(=O)(=O)c1ccc(-c2nc(CCl)no2)cc1. The van der Waals surface area contributed by atoms with Crippen molar-refractivity contribution in [2.75, 3.05) is 0 Å². The van der Waals surface area contributed by atoms with Crippen LogP contribution in [-0.4, -0.2) is 18.6 Å². The highest BCUT2D eigenvalue weighted by atomic mass is 35.5. The monoisotopic (exact) mass is 273 g/mol. The summed E-state index contributed by atoms with van der Waals surface area (Å²) in [4.78, 5) is 4.03. The van der Waals surface area contributed by atoms with Crippen LogP contribution >= 0.6 is 11.6 Å². The van der Waals surface area contributed by atoms with E-state index in [1.54, 1.807) is 0 Å². The number of sulfonamides is 1. The largest absolute Gasteiger partial charge is 0.334 e. The lowest BCUT2D eigenvalue weighted by Crippen LogP contribution is -2.11. The number of hydrogen-bond acceptors (Lipinski definition) is 5. The fourth-order valence-corrected chi connectivity index (χ4v) is 1.84. The Bertz CT molecular complexity index is 621. The third-order valence-electron chi connectivity index (χ3n) is 2.02. The predicted molar refractivity (Wildman–Crippen MR) is 60.7 cm³/mol. The third kappa shape index (κ3) is 2.63. The third-order valence-corrected chi connectivity index (χ3v) is 3.19. The van der Waals surface area contributed by atoms with Gasteiger partial charge in [0.2, 0.25) is 10.0 Å². The molecule has 0 amide bonds. The van der Waals surface area contributed by atoms with Gasteiger partial charge in [0, 0.05) is 5.56 Å². The van der Waals surface area contributed by atoms with E-state index >= 15 is 0 Å². The van der Waals surface area contributed by atoms with E-state index in [9.17, 15) is 8.42 Å². The Kier molecular flexibility index (Phi) is 3.14. The molecular formula is C9H8ClN3O3S. The smallest absolute Gasteiger partial charge is 0.257 e. The number of aromatic nitrogens is 2. The molecule has 2 rings (SSSR count). The number of halogens is 1. The Hall–Kier alpha value is -1.44. The van der Waals surface area contributed by atoms with Gasteiger partial charge in [-0.05, 0) is 24.3 Å². The summed E-state index contributed by atoms with van der Waals surface area (Å²) in [5.74, 6) is 0.803. The molecule has 6 nitrogen and oxygen atoms in total. The van der Waals surface area contributed by atoms with Crippen LogP contribution in [0.4, 0.5) is 0 Å². The molecule has 0 aliphatic rings. The first kappa shape index (κ1) is 12.0. The van der Waals surface area contributed by atoms with Crippen LogP contribution in [0.3, 0.4) is 0 Å². The van der Waals surface area contributed by atoms with Crippen LogP contribution < -0.4 is 5.14 Å². The summed E-state index contributed by atoms with van der Waals surface area (Å²) in [5.41, 5.74) is 0.598. The lowest BCUT2D eigenvalue weighted by atomic mass is 10.2. The molecule has 0 aliphatic carbocycles. The van der Waals surface area contributed by atoms with Crippen LogP contribution in [-0.2, 0) is 15.9 Å². The number of alkyl halides is 1. The average Bonchev–Trinajstić information content (AvgIpc) is 2.76. The molecule has 0 radical (unpaired) electrons. The van der Waals surface area contributed by atoms with Crippen LogP contribution in [0.15, 0.2) is 33.7 Å². The van der Waals surface area contributed by atoms with Gasteiger partial charge < -0.3 is 4.52 Å². The Morgan fingerprint density at radius 2 is 1.94 bits per heavy atom. The highest BCUT2D eigenvalue weighted by Crippen LogP contribution is 2.19. The van der Waals surface area contributed by atoms with Crippen molar-refractivity contribution in [2.24, 2.45) is 5.14 Å². The Morgan fingerprint density at radius 1 is 1.29 bits per heavy atom. The summed E-state index contributed by atoms with van der Waals surface area (Å²) >= 11 is 5.53. The molecule has 0 saturated carbocycles. The molecule has 17 heavy (non-hydrogen) atoms. The molecule has 0 atom stereocenters. The maximum Gasteiger partial charge on any atom is 0.257 e. The molecule has 1 aromatic carbocycles. The zero-order valence-corrected chi connectivity index (χ0v) is 10.1. The Morgan fingerprint density at radius 3 is 2.41 bits per heavy atom. The maximum atomic E-state index is 11.0. The number of benzene rings is 1. The summed E-state index contributed by atoms with van der Waals surface area (Å²) < 4.78 is 27.0. The number of rotatable bonds is 3. The van der Waals surface area contributed by atoms with Gasteiger partial charge in [0.25, 0.3) is 5.89 Å². The van der Waals surface area contributed by atoms with E-state index in [1.165, 1.54) is 24.3 Å². The number of hydrogen-bond donors (Lipinski definition) is 1. The molecule has 2 N–H and O–H groups in total. The number of nitrogens with zero attached hydrogens (tertiary/aromatic N) is 2. The lowest BCUT2D eigenvalue weighted by Gasteiger charge is -1.98. The van der Waals surface area contributed by atoms with Gasteiger partial charge in [0.1, 0.15) is 0 Å². The summed E-state index contributed by atoms with van der Waals surface area (Å²) in [6, 6.07) is 5.81. The van der Waals surface area contributed by atoms with E-state index in [-0.39, 0.29) is 16.7 Å². The minimum Gasteiger partial charge on any atom is -0.334 e. The van der Waals surface area contributed by atoms with Crippen molar-refractivity contribution >= 4 is 21.6 Å². The van der Waals surface area contributed by atoms with Gasteiger partial charge in [-0.25, -0.2) is 13.6 Å². The Labute approximate surface area is 102 Å². The molecule has 8 heteroatoms. The normalized spacial score (nSPS) is 11.6. The van der Waals surface area contributed by atoms with Crippen molar-refractivity contribution in [1.29, 1.82) is 0 Å². The number of primary sulfonamides is 1. The number of nitrogens with two attached hydrogens (primary N) is 1. The van der Waals surface area contributed by atoms with Crippen molar-refractivity contribution < 1.29 is 12.9 Å². The van der Waals surface area contributed by atoms with Gasteiger partial charge in [-0.2, -0.15) is 4.98 Å². The van der Waals surface area contributed by atoms with Gasteiger partial charge >= 0.3 is 0 Å². The second kappa shape index (κ2) is 4.44. The van der Waals surface area contributed by atoms with Crippen molar-refractivity contribution in [2.45, 2.75) is 10.8 Å². The molecule has 90 valence electrons. The molecule has 1 heterocycles. The van der Waals surface area contributed by atoms with E-state index in [1.807, 2.05) is 0 Å². The first-order chi connectivity index (χ1) is 8.00. The zero-order valence-electron chi connectivity index (χ0n) is 8.50. The van der Waals surface area contributed by atoms with Gasteiger partial charge in [0.15, 0.2) is 5.82 Å². The minimum atomic E-state index is -3.69. The molecule has 0 aliphatic heterocycles. The molecule has 0 bridgehead atoms. The topological polar surface area (TPSA) is 99.1 Å². The fourth-order valence-electron chi connectivity index (χ4n) is 1.21. The van der Waals surface area contributed by atoms with Crippen LogP contribution in [0.1, 0.15) is 5.82 Å². The van der Waals surface area contributed by atoms with E-state index in [0.717, 1.165) is 0 Å². The minimum absolute atomic E-state index is 0.0262. The van der Waals surface area contributed by atoms with E-state index < -0.39 is 10.0 Å². The summed E-state index contributed by atoms with van der Waals surface area (Å²) in [5, 5.41) is 8.60. The molecule has 0 saturated heterocycles. The zero-order chi connectivity index (χ0) is 12.5.